The van der Waals surface area contributed by atoms with Crippen molar-refractivity contribution in [2.24, 2.45) is 0 Å². The number of carbonyl (C=O) groups excluding carboxylic acids is 1. The molecule has 0 bridgehead atoms. The maximum absolute atomic E-state index is 12.1. The third kappa shape index (κ3) is 3.05. The van der Waals surface area contributed by atoms with Gasteiger partial charge in [-0.2, -0.15) is 0 Å². The Morgan fingerprint density at radius 2 is 2.10 bits per heavy atom. The molecule has 2 aliphatic heterocycles. The summed E-state index contributed by atoms with van der Waals surface area (Å²) in [5, 5.41) is 3.66. The number of nitrogens with one attached hydrogen (secondary N) is 1. The fourth-order valence-electron chi connectivity index (χ4n) is 3.63. The van der Waals surface area contributed by atoms with Gasteiger partial charge in [-0.25, -0.2) is 0 Å². The van der Waals surface area contributed by atoms with E-state index in [4.69, 9.17) is 0 Å². The lowest BCUT2D eigenvalue weighted by molar-refractivity contribution is 0.0827. The van der Waals surface area contributed by atoms with Crippen LogP contribution in [0.15, 0.2) is 24.3 Å². The molecule has 0 spiro atoms. The van der Waals surface area contributed by atoms with Gasteiger partial charge in [-0.1, -0.05) is 12.5 Å². The molecular weight excluding hydrogens is 262 g/mol. The number of piperidine rings is 1. The molecule has 0 aliphatic carbocycles. The molecule has 1 N–H and O–H groups in total. The van der Waals surface area contributed by atoms with Crippen LogP contribution in [0.25, 0.3) is 0 Å². The molecule has 2 saturated heterocycles. The van der Waals surface area contributed by atoms with Crippen LogP contribution in [0.2, 0.25) is 0 Å². The number of rotatable bonds is 3. The highest BCUT2D eigenvalue weighted by atomic mass is 16.2. The number of carbonyl (C=O) groups is 1. The van der Waals surface area contributed by atoms with Crippen molar-refractivity contribution in [2.75, 3.05) is 32.5 Å². The van der Waals surface area contributed by atoms with Crippen LogP contribution in [0.5, 0.6) is 0 Å². The van der Waals surface area contributed by atoms with Crippen molar-refractivity contribution in [3.8, 4) is 0 Å². The van der Waals surface area contributed by atoms with Crippen LogP contribution in [0.3, 0.4) is 0 Å². The molecular formula is C17H25N3O. The normalized spacial score (nSPS) is 25.4. The number of hydrogen-bond donors (Lipinski definition) is 1. The summed E-state index contributed by atoms with van der Waals surface area (Å²) in [7, 11) is 3.58. The van der Waals surface area contributed by atoms with Crippen molar-refractivity contribution < 1.29 is 4.79 Å². The summed E-state index contributed by atoms with van der Waals surface area (Å²) in [4.78, 5) is 16.3. The summed E-state index contributed by atoms with van der Waals surface area (Å²) in [5.41, 5.74) is 1.82. The van der Waals surface area contributed by atoms with Gasteiger partial charge in [-0.3, -0.25) is 9.69 Å². The first-order valence-electron chi connectivity index (χ1n) is 7.97. The molecule has 1 amide bonds. The van der Waals surface area contributed by atoms with E-state index in [0.717, 1.165) is 11.3 Å². The minimum atomic E-state index is 0.0596. The predicted octanol–water partition coefficient (Wildman–Crippen LogP) is 2.43. The van der Waals surface area contributed by atoms with E-state index < -0.39 is 0 Å². The van der Waals surface area contributed by atoms with E-state index in [9.17, 15) is 4.79 Å². The van der Waals surface area contributed by atoms with E-state index in [2.05, 4.69) is 16.3 Å². The molecule has 2 fully saturated rings. The topological polar surface area (TPSA) is 35.6 Å². The molecule has 21 heavy (non-hydrogen) atoms. The molecule has 1 aromatic rings. The Morgan fingerprint density at radius 1 is 1.24 bits per heavy atom. The van der Waals surface area contributed by atoms with Crippen LogP contribution >= 0.6 is 0 Å². The van der Waals surface area contributed by atoms with Crippen molar-refractivity contribution >= 4 is 11.6 Å². The molecule has 2 atom stereocenters. The van der Waals surface area contributed by atoms with Crippen LogP contribution < -0.4 is 5.32 Å². The summed E-state index contributed by atoms with van der Waals surface area (Å²) in [6.07, 6.45) is 5.19. The number of amides is 1. The number of hydrogen-bond acceptors (Lipinski definition) is 3. The van der Waals surface area contributed by atoms with Crippen molar-refractivity contribution in [3.63, 3.8) is 0 Å². The van der Waals surface area contributed by atoms with Gasteiger partial charge in [-0.15, -0.1) is 0 Å². The van der Waals surface area contributed by atoms with Gasteiger partial charge in [0.1, 0.15) is 0 Å². The first kappa shape index (κ1) is 14.4. The summed E-state index contributed by atoms with van der Waals surface area (Å²) < 4.78 is 0. The lowest BCUT2D eigenvalue weighted by atomic mass is 9.98. The zero-order valence-electron chi connectivity index (χ0n) is 13.0. The largest absolute Gasteiger partial charge is 0.381 e. The molecule has 2 heterocycles. The molecule has 0 radical (unpaired) electrons. The molecule has 0 saturated carbocycles. The Morgan fingerprint density at radius 3 is 2.90 bits per heavy atom. The standard InChI is InChI=1S/C17H25N3O/c1-19(2)17(21)13-6-5-7-14(12-13)18-15-9-11-20-10-4-3-8-16(15)20/h5-7,12,15-16,18H,3-4,8-11H2,1-2H3. The Bertz CT molecular complexity index is 515. The van der Waals surface area contributed by atoms with E-state index in [1.165, 1.54) is 38.8 Å². The minimum absolute atomic E-state index is 0.0596. The Kier molecular flexibility index (Phi) is 4.15. The summed E-state index contributed by atoms with van der Waals surface area (Å²) in [6, 6.07) is 9.09. The SMILES string of the molecule is CN(C)C(=O)c1cccc(NC2CCN3CCCCC23)c1. The highest BCUT2D eigenvalue weighted by Crippen LogP contribution is 2.29. The molecule has 114 valence electrons. The van der Waals surface area contributed by atoms with Crippen LogP contribution in [-0.4, -0.2) is 55.0 Å². The lowest BCUT2D eigenvalue weighted by Gasteiger charge is -2.33. The Balaban J connectivity index is 1.70. The average Bonchev–Trinajstić information content (AvgIpc) is 2.90. The second kappa shape index (κ2) is 6.06. The molecule has 4 nitrogen and oxygen atoms in total. The Hall–Kier alpha value is -1.55. The van der Waals surface area contributed by atoms with Crippen LogP contribution in [0, 0.1) is 0 Å². The second-order valence-corrected chi connectivity index (χ2v) is 6.42. The first-order valence-corrected chi connectivity index (χ1v) is 7.97. The number of fused-ring (bicyclic) bond motifs is 1. The molecule has 2 unspecified atom stereocenters. The smallest absolute Gasteiger partial charge is 0.253 e. The number of benzene rings is 1. The quantitative estimate of drug-likeness (QED) is 0.927. The maximum Gasteiger partial charge on any atom is 0.253 e. The third-order valence-corrected chi connectivity index (χ3v) is 4.72. The third-order valence-electron chi connectivity index (χ3n) is 4.72. The van der Waals surface area contributed by atoms with E-state index in [0.29, 0.717) is 12.1 Å². The molecule has 2 aliphatic rings. The highest BCUT2D eigenvalue weighted by Gasteiger charge is 2.35. The van der Waals surface area contributed by atoms with Gasteiger partial charge in [0.15, 0.2) is 0 Å². The van der Waals surface area contributed by atoms with Gasteiger partial charge in [0, 0.05) is 44.0 Å². The number of anilines is 1. The predicted molar refractivity (Wildman–Crippen MR) is 85.7 cm³/mol. The van der Waals surface area contributed by atoms with Gasteiger partial charge in [0.05, 0.1) is 0 Å². The average molecular weight is 287 g/mol. The highest BCUT2D eigenvalue weighted by molar-refractivity contribution is 5.94. The van der Waals surface area contributed by atoms with Gasteiger partial charge in [0.25, 0.3) is 5.91 Å². The van der Waals surface area contributed by atoms with Gasteiger partial charge in [0.2, 0.25) is 0 Å². The van der Waals surface area contributed by atoms with Crippen LogP contribution in [-0.2, 0) is 0 Å². The lowest BCUT2D eigenvalue weighted by Crippen LogP contribution is -2.41. The van der Waals surface area contributed by atoms with Crippen molar-refractivity contribution in [1.29, 1.82) is 0 Å². The molecule has 1 aromatic carbocycles. The molecule has 0 aromatic heterocycles. The van der Waals surface area contributed by atoms with E-state index in [1.807, 2.05) is 18.2 Å². The summed E-state index contributed by atoms with van der Waals surface area (Å²) in [6.45, 7) is 2.46. The Labute approximate surface area is 127 Å². The van der Waals surface area contributed by atoms with E-state index in [-0.39, 0.29) is 5.91 Å². The zero-order chi connectivity index (χ0) is 14.8. The summed E-state index contributed by atoms with van der Waals surface area (Å²) in [5.74, 6) is 0.0596. The van der Waals surface area contributed by atoms with Gasteiger partial charge < -0.3 is 10.2 Å². The van der Waals surface area contributed by atoms with E-state index >= 15 is 0 Å². The van der Waals surface area contributed by atoms with Crippen molar-refractivity contribution in [2.45, 2.75) is 37.8 Å². The maximum atomic E-state index is 12.1. The second-order valence-electron chi connectivity index (χ2n) is 6.42. The van der Waals surface area contributed by atoms with Crippen molar-refractivity contribution in [1.82, 2.24) is 9.80 Å². The molecule has 3 rings (SSSR count). The first-order chi connectivity index (χ1) is 10.1. The van der Waals surface area contributed by atoms with E-state index in [1.54, 1.807) is 19.0 Å². The fraction of sp³-hybridized carbons (Fsp3) is 0.588. The fourth-order valence-corrected chi connectivity index (χ4v) is 3.63. The van der Waals surface area contributed by atoms with Crippen LogP contribution in [0.4, 0.5) is 5.69 Å². The van der Waals surface area contributed by atoms with Gasteiger partial charge >= 0.3 is 0 Å². The zero-order valence-corrected chi connectivity index (χ0v) is 13.0. The minimum Gasteiger partial charge on any atom is -0.381 e. The summed E-state index contributed by atoms with van der Waals surface area (Å²) >= 11 is 0. The number of nitrogens with zero attached hydrogens (tertiary/aromatic N) is 2. The van der Waals surface area contributed by atoms with Gasteiger partial charge in [-0.05, 0) is 44.0 Å². The molecule has 4 heteroatoms. The van der Waals surface area contributed by atoms with Crippen LogP contribution in [0.1, 0.15) is 36.0 Å². The monoisotopic (exact) mass is 287 g/mol. The van der Waals surface area contributed by atoms with Crippen molar-refractivity contribution in [3.05, 3.63) is 29.8 Å².